The average Bonchev–Trinajstić information content (AvgIpc) is 3.23. The standard InChI is InChI=1S/C16H18N4O4/c1-23-13-4-2-3-5-14(13)24-9-10-8-12(20-19-10)16(22)18-11-6-7-17-15(11)21/h2-5,8,11H,6-7,9H2,1H3,(H,17,21)(H,18,22)(H,19,20)/t11-/m0/s1. The van der Waals surface area contributed by atoms with Crippen molar-refractivity contribution in [2.24, 2.45) is 0 Å². The smallest absolute Gasteiger partial charge is 0.272 e. The molecule has 2 aromatic rings. The van der Waals surface area contributed by atoms with Crippen molar-refractivity contribution < 1.29 is 19.1 Å². The van der Waals surface area contributed by atoms with Crippen LogP contribution in [0.2, 0.25) is 0 Å². The maximum Gasteiger partial charge on any atom is 0.272 e. The lowest BCUT2D eigenvalue weighted by Gasteiger charge is -2.09. The van der Waals surface area contributed by atoms with Crippen LogP contribution in [0.4, 0.5) is 0 Å². The molecule has 0 unspecified atom stereocenters. The first-order chi connectivity index (χ1) is 11.7. The molecule has 0 bridgehead atoms. The van der Waals surface area contributed by atoms with Crippen molar-refractivity contribution in [2.75, 3.05) is 13.7 Å². The number of para-hydroxylation sites is 2. The van der Waals surface area contributed by atoms with Gasteiger partial charge in [0.1, 0.15) is 18.3 Å². The van der Waals surface area contributed by atoms with Gasteiger partial charge in [0.15, 0.2) is 11.5 Å². The van der Waals surface area contributed by atoms with Gasteiger partial charge in [0, 0.05) is 6.54 Å². The number of aromatic amines is 1. The molecule has 2 heterocycles. The van der Waals surface area contributed by atoms with E-state index < -0.39 is 11.9 Å². The Kier molecular flexibility index (Phi) is 4.64. The van der Waals surface area contributed by atoms with E-state index in [-0.39, 0.29) is 18.2 Å². The van der Waals surface area contributed by atoms with Gasteiger partial charge in [0.25, 0.3) is 5.91 Å². The van der Waals surface area contributed by atoms with Crippen LogP contribution in [-0.4, -0.2) is 41.7 Å². The van der Waals surface area contributed by atoms with Crippen molar-refractivity contribution in [2.45, 2.75) is 19.1 Å². The second-order valence-corrected chi connectivity index (χ2v) is 5.32. The van der Waals surface area contributed by atoms with Crippen LogP contribution < -0.4 is 20.1 Å². The predicted molar refractivity (Wildman–Crippen MR) is 84.8 cm³/mol. The van der Waals surface area contributed by atoms with Crippen molar-refractivity contribution in [1.82, 2.24) is 20.8 Å². The number of nitrogens with one attached hydrogen (secondary N) is 3. The van der Waals surface area contributed by atoms with Gasteiger partial charge in [-0.15, -0.1) is 0 Å². The fourth-order valence-electron chi connectivity index (χ4n) is 2.41. The minimum atomic E-state index is -0.498. The van der Waals surface area contributed by atoms with Crippen molar-refractivity contribution in [3.05, 3.63) is 41.7 Å². The number of ether oxygens (including phenoxy) is 2. The van der Waals surface area contributed by atoms with Crippen molar-refractivity contribution in [3.8, 4) is 11.5 Å². The highest BCUT2D eigenvalue weighted by Gasteiger charge is 2.26. The summed E-state index contributed by atoms with van der Waals surface area (Å²) in [5.74, 6) is 0.668. The summed E-state index contributed by atoms with van der Waals surface area (Å²) in [5.41, 5.74) is 0.857. The second-order valence-electron chi connectivity index (χ2n) is 5.32. The monoisotopic (exact) mass is 330 g/mol. The zero-order chi connectivity index (χ0) is 16.9. The quantitative estimate of drug-likeness (QED) is 0.720. The molecule has 8 heteroatoms. The predicted octanol–water partition coefficient (Wildman–Crippen LogP) is 0.616. The average molecular weight is 330 g/mol. The summed E-state index contributed by atoms with van der Waals surface area (Å²) in [7, 11) is 1.57. The molecule has 1 aromatic heterocycles. The van der Waals surface area contributed by atoms with Crippen LogP contribution in [0.3, 0.4) is 0 Å². The number of benzene rings is 1. The lowest BCUT2D eigenvalue weighted by molar-refractivity contribution is -0.120. The maximum atomic E-state index is 12.1. The topological polar surface area (TPSA) is 105 Å². The molecule has 1 fully saturated rings. The fraction of sp³-hybridized carbons (Fsp3) is 0.312. The number of aromatic nitrogens is 2. The summed E-state index contributed by atoms with van der Waals surface area (Å²) in [6, 6.07) is 8.38. The molecule has 0 aliphatic carbocycles. The highest BCUT2D eigenvalue weighted by atomic mass is 16.5. The number of hydrogen-bond acceptors (Lipinski definition) is 5. The Hall–Kier alpha value is -3.03. The van der Waals surface area contributed by atoms with E-state index in [1.165, 1.54) is 0 Å². The first-order valence-electron chi connectivity index (χ1n) is 7.56. The Morgan fingerprint density at radius 1 is 1.38 bits per heavy atom. The maximum absolute atomic E-state index is 12.1. The van der Waals surface area contributed by atoms with Crippen LogP contribution in [0.5, 0.6) is 11.5 Å². The Morgan fingerprint density at radius 3 is 2.88 bits per heavy atom. The van der Waals surface area contributed by atoms with Gasteiger partial charge in [-0.1, -0.05) is 12.1 Å². The van der Waals surface area contributed by atoms with Gasteiger partial charge in [-0.2, -0.15) is 5.10 Å². The Bertz CT molecular complexity index is 743. The van der Waals surface area contributed by atoms with Crippen molar-refractivity contribution >= 4 is 11.8 Å². The summed E-state index contributed by atoms with van der Waals surface area (Å²) in [5, 5.41) is 12.0. The van der Waals surface area contributed by atoms with E-state index in [0.717, 1.165) is 0 Å². The minimum Gasteiger partial charge on any atom is -0.493 e. The normalized spacial score (nSPS) is 16.5. The zero-order valence-corrected chi connectivity index (χ0v) is 13.2. The third-order valence-electron chi connectivity index (χ3n) is 3.67. The largest absolute Gasteiger partial charge is 0.493 e. The molecule has 1 saturated heterocycles. The van der Waals surface area contributed by atoms with Crippen LogP contribution in [0.25, 0.3) is 0 Å². The molecule has 1 aromatic carbocycles. The highest BCUT2D eigenvalue weighted by Crippen LogP contribution is 2.26. The van der Waals surface area contributed by atoms with E-state index in [2.05, 4.69) is 20.8 Å². The Labute approximate surface area is 138 Å². The molecule has 1 atom stereocenters. The van der Waals surface area contributed by atoms with E-state index >= 15 is 0 Å². The first-order valence-corrected chi connectivity index (χ1v) is 7.56. The molecule has 126 valence electrons. The third kappa shape index (κ3) is 3.48. The molecule has 1 aliphatic rings. The van der Waals surface area contributed by atoms with Gasteiger partial charge in [-0.05, 0) is 24.6 Å². The minimum absolute atomic E-state index is 0.168. The molecular weight excluding hydrogens is 312 g/mol. The summed E-state index contributed by atoms with van der Waals surface area (Å²) in [6.45, 7) is 0.785. The number of carbonyl (C=O) groups is 2. The number of H-pyrrole nitrogens is 1. The molecule has 0 saturated carbocycles. The molecule has 2 amide bonds. The number of amides is 2. The van der Waals surface area contributed by atoms with Gasteiger partial charge in [0.2, 0.25) is 5.91 Å². The lowest BCUT2D eigenvalue weighted by Crippen LogP contribution is -2.40. The number of nitrogens with zero attached hydrogens (tertiary/aromatic N) is 1. The van der Waals surface area contributed by atoms with Gasteiger partial charge >= 0.3 is 0 Å². The zero-order valence-electron chi connectivity index (χ0n) is 13.2. The van der Waals surface area contributed by atoms with Crippen LogP contribution in [0.15, 0.2) is 30.3 Å². The first kappa shape index (κ1) is 15.9. The molecule has 3 N–H and O–H groups in total. The second kappa shape index (κ2) is 7.03. The van der Waals surface area contributed by atoms with E-state index in [4.69, 9.17) is 9.47 Å². The molecule has 8 nitrogen and oxygen atoms in total. The molecule has 0 spiro atoms. The molecular formula is C16H18N4O4. The third-order valence-corrected chi connectivity index (χ3v) is 3.67. The van der Waals surface area contributed by atoms with Crippen molar-refractivity contribution in [3.63, 3.8) is 0 Å². The Balaban J connectivity index is 1.59. The Morgan fingerprint density at radius 2 is 2.17 bits per heavy atom. The van der Waals surface area contributed by atoms with E-state index in [0.29, 0.717) is 30.2 Å². The molecule has 0 radical (unpaired) electrons. The van der Waals surface area contributed by atoms with Gasteiger partial charge in [-0.3, -0.25) is 14.7 Å². The summed E-state index contributed by atoms with van der Waals surface area (Å²) < 4.78 is 10.9. The van der Waals surface area contributed by atoms with Crippen molar-refractivity contribution in [1.29, 1.82) is 0 Å². The highest BCUT2D eigenvalue weighted by molar-refractivity contribution is 5.96. The number of carbonyl (C=O) groups excluding carboxylic acids is 2. The van der Waals surface area contributed by atoms with Gasteiger partial charge < -0.3 is 20.1 Å². The molecule has 24 heavy (non-hydrogen) atoms. The number of hydrogen-bond donors (Lipinski definition) is 3. The summed E-state index contributed by atoms with van der Waals surface area (Å²) in [6.07, 6.45) is 0.582. The van der Waals surface area contributed by atoms with Crippen LogP contribution in [-0.2, 0) is 11.4 Å². The summed E-state index contributed by atoms with van der Waals surface area (Å²) >= 11 is 0. The SMILES string of the molecule is COc1ccccc1OCc1cc(C(=O)N[C@H]2CCNC2=O)n[nH]1. The van der Waals surface area contributed by atoms with Crippen LogP contribution in [0, 0.1) is 0 Å². The van der Waals surface area contributed by atoms with E-state index in [9.17, 15) is 9.59 Å². The van der Waals surface area contributed by atoms with E-state index in [1.807, 2.05) is 12.1 Å². The molecule has 1 aliphatic heterocycles. The van der Waals surface area contributed by atoms with Crippen LogP contribution >= 0.6 is 0 Å². The number of methoxy groups -OCH3 is 1. The lowest BCUT2D eigenvalue weighted by atomic mass is 10.2. The fourth-order valence-corrected chi connectivity index (χ4v) is 2.41. The molecule has 3 rings (SSSR count). The summed E-state index contributed by atoms with van der Waals surface area (Å²) in [4.78, 5) is 23.6. The van der Waals surface area contributed by atoms with Gasteiger partial charge in [-0.25, -0.2) is 0 Å². The van der Waals surface area contributed by atoms with Gasteiger partial charge in [0.05, 0.1) is 12.8 Å². The van der Waals surface area contributed by atoms with E-state index in [1.54, 1.807) is 25.3 Å². The number of rotatable bonds is 6. The van der Waals surface area contributed by atoms with Crippen LogP contribution in [0.1, 0.15) is 22.6 Å².